The number of rotatable bonds is 6. The molecule has 0 spiro atoms. The number of hydrogen-bond donors (Lipinski definition) is 0. The summed E-state index contributed by atoms with van der Waals surface area (Å²) in [6, 6.07) is 7.91. The number of carbonyl (C=O) groups excluding carboxylic acids is 1. The molecule has 1 aromatic heterocycles. The van der Waals surface area contributed by atoms with Crippen molar-refractivity contribution in [1.29, 1.82) is 0 Å². The fraction of sp³-hybridized carbons (Fsp3) is 0.545. The van der Waals surface area contributed by atoms with Gasteiger partial charge in [0, 0.05) is 20.1 Å². The Morgan fingerprint density at radius 1 is 1.23 bits per heavy atom. The molecule has 0 unspecified atom stereocenters. The van der Waals surface area contributed by atoms with Crippen LogP contribution in [0.5, 0.6) is 0 Å². The van der Waals surface area contributed by atoms with Crippen molar-refractivity contribution in [2.24, 2.45) is 12.5 Å². The zero-order valence-corrected chi connectivity index (χ0v) is 19.3. The molecule has 30 heavy (non-hydrogen) atoms. The van der Waals surface area contributed by atoms with Crippen LogP contribution in [-0.4, -0.2) is 48.2 Å². The lowest BCUT2D eigenvalue weighted by Gasteiger charge is -2.40. The van der Waals surface area contributed by atoms with Gasteiger partial charge in [0.1, 0.15) is 4.90 Å². The van der Waals surface area contributed by atoms with Gasteiger partial charge in [0.05, 0.1) is 23.4 Å². The monoisotopic (exact) mass is 433 g/mol. The van der Waals surface area contributed by atoms with Crippen molar-refractivity contribution in [3.05, 3.63) is 46.8 Å². The SMILES string of the molecule is CCOC(=O)[C@]1(Cc2ccccc2C)CCCN(S(=O)(=O)c2c(C)nn(C)c2C)C1. The molecule has 2 heterocycles. The second-order valence-corrected chi connectivity index (χ2v) is 10.0. The van der Waals surface area contributed by atoms with E-state index in [1.54, 1.807) is 32.5 Å². The average Bonchev–Trinajstić information content (AvgIpc) is 2.96. The molecule has 1 saturated heterocycles. The van der Waals surface area contributed by atoms with Gasteiger partial charge in [0.2, 0.25) is 10.0 Å². The number of hydrogen-bond acceptors (Lipinski definition) is 5. The molecule has 0 N–H and O–H groups in total. The molecule has 2 aromatic rings. The number of aryl methyl sites for hydroxylation is 3. The lowest BCUT2D eigenvalue weighted by atomic mass is 9.75. The van der Waals surface area contributed by atoms with E-state index in [1.807, 2.05) is 31.2 Å². The Morgan fingerprint density at radius 2 is 1.93 bits per heavy atom. The molecule has 164 valence electrons. The van der Waals surface area contributed by atoms with Crippen molar-refractivity contribution in [1.82, 2.24) is 14.1 Å². The van der Waals surface area contributed by atoms with E-state index in [9.17, 15) is 13.2 Å². The summed E-state index contributed by atoms with van der Waals surface area (Å²) in [6.45, 7) is 7.99. The normalized spacial score (nSPS) is 20.3. The molecule has 0 aliphatic carbocycles. The van der Waals surface area contributed by atoms with E-state index in [1.165, 1.54) is 4.31 Å². The summed E-state index contributed by atoms with van der Waals surface area (Å²) >= 11 is 0. The predicted octanol–water partition coefficient (Wildman–Crippen LogP) is 2.92. The minimum Gasteiger partial charge on any atom is -0.466 e. The molecule has 0 saturated carbocycles. The van der Waals surface area contributed by atoms with Crippen molar-refractivity contribution >= 4 is 16.0 Å². The first-order valence-electron chi connectivity index (χ1n) is 10.3. The Hall–Kier alpha value is -2.19. The van der Waals surface area contributed by atoms with Gasteiger partial charge in [-0.3, -0.25) is 9.48 Å². The summed E-state index contributed by atoms with van der Waals surface area (Å²) in [7, 11) is -2.05. The third-order valence-corrected chi connectivity index (χ3v) is 8.18. The quantitative estimate of drug-likeness (QED) is 0.654. The molecule has 7 nitrogen and oxygen atoms in total. The largest absolute Gasteiger partial charge is 0.466 e. The smallest absolute Gasteiger partial charge is 0.313 e. The molecule has 0 radical (unpaired) electrons. The minimum atomic E-state index is -3.78. The molecule has 8 heteroatoms. The number of piperidine rings is 1. The Kier molecular flexibility index (Phi) is 6.38. The van der Waals surface area contributed by atoms with E-state index in [4.69, 9.17) is 4.74 Å². The summed E-state index contributed by atoms with van der Waals surface area (Å²) in [6.07, 6.45) is 1.65. The highest BCUT2D eigenvalue weighted by Gasteiger charge is 2.47. The van der Waals surface area contributed by atoms with Crippen LogP contribution in [0.3, 0.4) is 0 Å². The van der Waals surface area contributed by atoms with Crippen LogP contribution in [0.15, 0.2) is 29.2 Å². The number of carbonyl (C=O) groups is 1. The van der Waals surface area contributed by atoms with Crippen molar-refractivity contribution in [2.45, 2.75) is 51.9 Å². The Bertz CT molecular complexity index is 1040. The van der Waals surface area contributed by atoms with E-state index in [-0.39, 0.29) is 24.0 Å². The zero-order valence-electron chi connectivity index (χ0n) is 18.4. The summed E-state index contributed by atoms with van der Waals surface area (Å²) in [5, 5.41) is 4.27. The molecule has 1 aliphatic heterocycles. The van der Waals surface area contributed by atoms with Gasteiger partial charge >= 0.3 is 5.97 Å². The molecule has 0 amide bonds. The van der Waals surface area contributed by atoms with Gasteiger partial charge in [-0.05, 0) is 58.1 Å². The number of aromatic nitrogens is 2. The van der Waals surface area contributed by atoms with Crippen LogP contribution < -0.4 is 0 Å². The van der Waals surface area contributed by atoms with E-state index in [0.29, 0.717) is 37.2 Å². The number of nitrogens with zero attached hydrogens (tertiary/aromatic N) is 3. The first kappa shape index (κ1) is 22.5. The molecular weight excluding hydrogens is 402 g/mol. The summed E-state index contributed by atoms with van der Waals surface area (Å²) in [5.41, 5.74) is 2.29. The van der Waals surface area contributed by atoms with E-state index in [2.05, 4.69) is 5.10 Å². The van der Waals surface area contributed by atoms with Crippen LogP contribution in [0.2, 0.25) is 0 Å². The Balaban J connectivity index is 2.01. The second-order valence-electron chi connectivity index (χ2n) is 8.17. The van der Waals surface area contributed by atoms with Crippen molar-refractivity contribution in [2.75, 3.05) is 19.7 Å². The highest BCUT2D eigenvalue weighted by atomic mass is 32.2. The van der Waals surface area contributed by atoms with Crippen LogP contribution in [0, 0.1) is 26.2 Å². The molecule has 1 aromatic carbocycles. The zero-order chi connectivity index (χ0) is 22.1. The maximum Gasteiger partial charge on any atom is 0.313 e. The molecule has 1 fully saturated rings. The number of ether oxygens (including phenoxy) is 1. The van der Waals surface area contributed by atoms with Crippen LogP contribution in [0.1, 0.15) is 42.3 Å². The van der Waals surface area contributed by atoms with Gasteiger partial charge in [-0.25, -0.2) is 8.42 Å². The van der Waals surface area contributed by atoms with Gasteiger partial charge < -0.3 is 4.74 Å². The summed E-state index contributed by atoms with van der Waals surface area (Å²) in [4.78, 5) is 13.4. The second kappa shape index (κ2) is 8.51. The van der Waals surface area contributed by atoms with Crippen molar-refractivity contribution in [3.8, 4) is 0 Å². The maximum absolute atomic E-state index is 13.6. The van der Waals surface area contributed by atoms with E-state index >= 15 is 0 Å². The van der Waals surface area contributed by atoms with Gasteiger partial charge in [-0.1, -0.05) is 24.3 Å². The molecule has 3 rings (SSSR count). The number of benzene rings is 1. The molecular formula is C22H31N3O4S. The maximum atomic E-state index is 13.6. The fourth-order valence-corrected chi connectivity index (χ4v) is 6.36. The van der Waals surface area contributed by atoms with E-state index in [0.717, 1.165) is 11.1 Å². The predicted molar refractivity (Wildman–Crippen MR) is 115 cm³/mol. The standard InChI is InChI=1S/C22H31N3O4S/c1-6-29-21(26)22(14-19-11-8-7-10-16(19)2)12-9-13-25(15-22)30(27,28)20-17(3)23-24(5)18(20)4/h7-8,10-11H,6,9,12-15H2,1-5H3/t22-/m0/s1. The lowest BCUT2D eigenvalue weighted by molar-refractivity contribution is -0.157. The number of sulfonamides is 1. The highest BCUT2D eigenvalue weighted by molar-refractivity contribution is 7.89. The topological polar surface area (TPSA) is 81.5 Å². The average molecular weight is 434 g/mol. The van der Waals surface area contributed by atoms with Gasteiger partial charge in [-0.15, -0.1) is 0 Å². The van der Waals surface area contributed by atoms with Crippen LogP contribution in [0.4, 0.5) is 0 Å². The lowest BCUT2D eigenvalue weighted by Crippen LogP contribution is -2.51. The Labute approximate surface area is 179 Å². The molecule has 0 bridgehead atoms. The number of esters is 1. The third-order valence-electron chi connectivity index (χ3n) is 6.08. The Morgan fingerprint density at radius 3 is 2.53 bits per heavy atom. The summed E-state index contributed by atoms with van der Waals surface area (Å²) in [5.74, 6) is -0.326. The third kappa shape index (κ3) is 4.03. The van der Waals surface area contributed by atoms with Gasteiger partial charge in [-0.2, -0.15) is 9.40 Å². The minimum absolute atomic E-state index is 0.107. The highest BCUT2D eigenvalue weighted by Crippen LogP contribution is 2.38. The first-order valence-corrected chi connectivity index (χ1v) is 11.8. The van der Waals surface area contributed by atoms with Crippen LogP contribution >= 0.6 is 0 Å². The van der Waals surface area contributed by atoms with Gasteiger partial charge in [0.15, 0.2) is 0 Å². The van der Waals surface area contributed by atoms with Gasteiger partial charge in [0.25, 0.3) is 0 Å². The van der Waals surface area contributed by atoms with E-state index < -0.39 is 15.4 Å². The first-order chi connectivity index (χ1) is 14.1. The van der Waals surface area contributed by atoms with Crippen LogP contribution in [0.25, 0.3) is 0 Å². The van der Waals surface area contributed by atoms with Crippen LogP contribution in [-0.2, 0) is 33.0 Å². The summed E-state index contributed by atoms with van der Waals surface area (Å²) < 4.78 is 35.6. The molecule has 1 atom stereocenters. The molecule has 1 aliphatic rings. The van der Waals surface area contributed by atoms with Crippen molar-refractivity contribution in [3.63, 3.8) is 0 Å². The fourth-order valence-electron chi connectivity index (χ4n) is 4.39. The van der Waals surface area contributed by atoms with Crippen molar-refractivity contribution < 1.29 is 17.9 Å².